The van der Waals surface area contributed by atoms with Crippen LogP contribution in [0.25, 0.3) is 0 Å². The molecule has 1 aromatic carbocycles. The van der Waals surface area contributed by atoms with E-state index in [1.54, 1.807) is 0 Å². The summed E-state index contributed by atoms with van der Waals surface area (Å²) >= 11 is 3.64. The van der Waals surface area contributed by atoms with Crippen LogP contribution in [0.3, 0.4) is 0 Å². The largest absolute Gasteiger partial charge is 0.493 e. The standard InChI is InChI=1S/C18H22BrNO/c19-13-6-11-3-4-21-18(11)12(7-13)8-14(20)17-15-9-1-2-10(5-9)16(15)17/h6-7,9-10,14-17H,1-5,8,20H2. The summed E-state index contributed by atoms with van der Waals surface area (Å²) in [7, 11) is 0. The lowest BCUT2D eigenvalue weighted by atomic mass is 9.93. The molecule has 1 aliphatic heterocycles. The van der Waals surface area contributed by atoms with Gasteiger partial charge in [-0.05, 0) is 78.5 Å². The van der Waals surface area contributed by atoms with Crippen molar-refractivity contribution in [3.05, 3.63) is 27.7 Å². The fraction of sp³-hybridized carbons (Fsp3) is 0.667. The topological polar surface area (TPSA) is 35.2 Å². The van der Waals surface area contributed by atoms with Gasteiger partial charge in [-0.1, -0.05) is 15.9 Å². The monoisotopic (exact) mass is 347 g/mol. The minimum Gasteiger partial charge on any atom is -0.493 e. The molecule has 112 valence electrons. The molecular weight excluding hydrogens is 326 g/mol. The summed E-state index contributed by atoms with van der Waals surface area (Å²) < 4.78 is 7.03. The van der Waals surface area contributed by atoms with Crippen LogP contribution in [0.2, 0.25) is 0 Å². The Kier molecular flexibility index (Phi) is 2.76. The van der Waals surface area contributed by atoms with Gasteiger partial charge in [-0.2, -0.15) is 0 Å². The molecule has 2 bridgehead atoms. The van der Waals surface area contributed by atoms with E-state index in [1.807, 2.05) is 0 Å². The molecule has 0 aromatic heterocycles. The van der Waals surface area contributed by atoms with Gasteiger partial charge in [0, 0.05) is 16.9 Å². The van der Waals surface area contributed by atoms with Crippen LogP contribution in [-0.4, -0.2) is 12.6 Å². The van der Waals surface area contributed by atoms with E-state index in [4.69, 9.17) is 10.5 Å². The molecule has 3 aliphatic carbocycles. The van der Waals surface area contributed by atoms with Gasteiger partial charge in [0.15, 0.2) is 0 Å². The minimum absolute atomic E-state index is 0.325. The first-order valence-corrected chi connectivity index (χ1v) is 9.21. The van der Waals surface area contributed by atoms with E-state index in [0.29, 0.717) is 6.04 Å². The Morgan fingerprint density at radius 2 is 2.00 bits per heavy atom. The molecule has 0 amide bonds. The molecular formula is C18H22BrNO. The van der Waals surface area contributed by atoms with Crippen LogP contribution in [0.4, 0.5) is 0 Å². The van der Waals surface area contributed by atoms with Gasteiger partial charge in [-0.25, -0.2) is 0 Å². The van der Waals surface area contributed by atoms with Gasteiger partial charge in [0.05, 0.1) is 6.61 Å². The maximum absolute atomic E-state index is 6.63. The van der Waals surface area contributed by atoms with Gasteiger partial charge in [-0.3, -0.25) is 0 Å². The SMILES string of the molecule is NC(Cc1cc(Br)cc2c1OCC2)C1C2C3CCC(C3)C12. The second kappa shape index (κ2) is 4.48. The van der Waals surface area contributed by atoms with E-state index >= 15 is 0 Å². The van der Waals surface area contributed by atoms with Crippen LogP contribution in [0.5, 0.6) is 5.75 Å². The summed E-state index contributed by atoms with van der Waals surface area (Å²) in [6.07, 6.45) is 6.48. The Labute approximate surface area is 134 Å². The lowest BCUT2D eigenvalue weighted by molar-refractivity contribution is 0.349. The number of fused-ring (bicyclic) bond motifs is 6. The number of hydrogen-bond acceptors (Lipinski definition) is 2. The minimum atomic E-state index is 0.325. The zero-order valence-corrected chi connectivity index (χ0v) is 13.8. The molecule has 5 atom stereocenters. The van der Waals surface area contributed by atoms with Gasteiger partial charge >= 0.3 is 0 Å². The van der Waals surface area contributed by atoms with Crippen molar-refractivity contribution >= 4 is 15.9 Å². The molecule has 2 nitrogen and oxygen atoms in total. The van der Waals surface area contributed by atoms with Crippen LogP contribution >= 0.6 is 15.9 Å². The Bertz CT molecular complexity index is 585. The number of benzene rings is 1. The maximum atomic E-state index is 6.63. The molecule has 1 aromatic rings. The predicted octanol–water partition coefficient (Wildman–Crippen LogP) is 3.55. The number of rotatable bonds is 3. The van der Waals surface area contributed by atoms with Crippen molar-refractivity contribution in [1.82, 2.24) is 0 Å². The predicted molar refractivity (Wildman–Crippen MR) is 86.3 cm³/mol. The van der Waals surface area contributed by atoms with Gasteiger partial charge < -0.3 is 10.5 Å². The first kappa shape index (κ1) is 13.0. The maximum Gasteiger partial charge on any atom is 0.125 e. The molecule has 5 unspecified atom stereocenters. The van der Waals surface area contributed by atoms with Crippen molar-refractivity contribution < 1.29 is 4.74 Å². The van der Waals surface area contributed by atoms with Gasteiger partial charge in [0.2, 0.25) is 0 Å². The second-order valence-corrected chi connectivity index (χ2v) is 8.50. The van der Waals surface area contributed by atoms with Crippen molar-refractivity contribution in [1.29, 1.82) is 0 Å². The molecule has 0 radical (unpaired) electrons. The Morgan fingerprint density at radius 1 is 1.24 bits per heavy atom. The molecule has 2 N–H and O–H groups in total. The van der Waals surface area contributed by atoms with E-state index in [1.165, 1.54) is 34.9 Å². The number of hydrogen-bond donors (Lipinski definition) is 1. The van der Waals surface area contributed by atoms with E-state index in [2.05, 4.69) is 28.1 Å². The summed E-state index contributed by atoms with van der Waals surface area (Å²) in [4.78, 5) is 0. The third-order valence-electron chi connectivity index (χ3n) is 6.57. The smallest absolute Gasteiger partial charge is 0.125 e. The summed E-state index contributed by atoms with van der Waals surface area (Å²) in [5.41, 5.74) is 9.30. The van der Waals surface area contributed by atoms with Crippen LogP contribution in [0.15, 0.2) is 16.6 Å². The average Bonchev–Trinajstić information content (AvgIpc) is 2.83. The van der Waals surface area contributed by atoms with E-state index in [0.717, 1.165) is 54.8 Å². The van der Waals surface area contributed by atoms with Crippen molar-refractivity contribution in [3.63, 3.8) is 0 Å². The molecule has 3 heteroatoms. The van der Waals surface area contributed by atoms with Crippen LogP contribution in [0.1, 0.15) is 30.4 Å². The van der Waals surface area contributed by atoms with Gasteiger partial charge in [0.1, 0.15) is 5.75 Å². The van der Waals surface area contributed by atoms with E-state index in [-0.39, 0.29) is 0 Å². The lowest BCUT2D eigenvalue weighted by Gasteiger charge is -2.18. The molecule has 21 heavy (non-hydrogen) atoms. The van der Waals surface area contributed by atoms with Crippen LogP contribution in [0, 0.1) is 29.6 Å². The summed E-state index contributed by atoms with van der Waals surface area (Å²) in [5.74, 6) is 5.90. The molecule has 3 fully saturated rings. The normalized spacial score (nSPS) is 39.8. The van der Waals surface area contributed by atoms with Crippen LogP contribution < -0.4 is 10.5 Å². The van der Waals surface area contributed by atoms with Crippen LogP contribution in [-0.2, 0) is 12.8 Å². The second-order valence-electron chi connectivity index (χ2n) is 7.58. The number of ether oxygens (including phenoxy) is 1. The van der Waals surface area contributed by atoms with Crippen molar-refractivity contribution in [2.24, 2.45) is 35.3 Å². The van der Waals surface area contributed by atoms with Gasteiger partial charge in [0.25, 0.3) is 0 Å². The van der Waals surface area contributed by atoms with E-state index in [9.17, 15) is 0 Å². The molecule has 5 rings (SSSR count). The summed E-state index contributed by atoms with van der Waals surface area (Å²) in [6.45, 7) is 0.826. The first-order valence-electron chi connectivity index (χ1n) is 8.42. The lowest BCUT2D eigenvalue weighted by Crippen LogP contribution is -2.28. The molecule has 4 aliphatic rings. The average molecular weight is 348 g/mol. The third-order valence-corrected chi connectivity index (χ3v) is 7.03. The molecule has 0 saturated heterocycles. The van der Waals surface area contributed by atoms with Crippen molar-refractivity contribution in [2.75, 3.05) is 6.61 Å². The highest BCUT2D eigenvalue weighted by Gasteiger charge is 2.66. The molecule has 1 heterocycles. The van der Waals surface area contributed by atoms with Gasteiger partial charge in [-0.15, -0.1) is 0 Å². The Morgan fingerprint density at radius 3 is 2.76 bits per heavy atom. The third kappa shape index (κ3) is 1.86. The zero-order chi connectivity index (χ0) is 14.1. The summed E-state index contributed by atoms with van der Waals surface area (Å²) in [5, 5.41) is 0. The molecule has 3 saturated carbocycles. The highest BCUT2D eigenvalue weighted by molar-refractivity contribution is 9.10. The number of halogens is 1. The first-order chi connectivity index (χ1) is 10.2. The van der Waals surface area contributed by atoms with Crippen molar-refractivity contribution in [3.8, 4) is 5.75 Å². The summed E-state index contributed by atoms with van der Waals surface area (Å²) in [6, 6.07) is 4.74. The highest BCUT2D eigenvalue weighted by atomic mass is 79.9. The Hall–Kier alpha value is -0.540. The van der Waals surface area contributed by atoms with E-state index < -0.39 is 0 Å². The number of nitrogens with two attached hydrogens (primary N) is 1. The quantitative estimate of drug-likeness (QED) is 0.907. The molecule has 0 spiro atoms. The Balaban J connectivity index is 1.37. The fourth-order valence-corrected chi connectivity index (χ4v) is 6.41. The highest BCUT2D eigenvalue weighted by Crippen LogP contribution is 2.70. The fourth-order valence-electron chi connectivity index (χ4n) is 5.85. The van der Waals surface area contributed by atoms with Crippen molar-refractivity contribution in [2.45, 2.75) is 38.1 Å². The zero-order valence-electron chi connectivity index (χ0n) is 12.2.